The Labute approximate surface area is 232 Å². The van der Waals surface area contributed by atoms with E-state index in [4.69, 9.17) is 0 Å². The molecular weight excluding hydrogens is 509 g/mol. The molecule has 0 radical (unpaired) electrons. The average molecular weight is 540 g/mol. The maximum Gasteiger partial charge on any atom is 0.305 e. The number of carboxylic acid groups (broad SMARTS) is 1. The lowest BCUT2D eigenvalue weighted by Gasteiger charge is -2.24. The summed E-state index contributed by atoms with van der Waals surface area (Å²) in [5, 5.41) is 12.2. The van der Waals surface area contributed by atoms with Crippen molar-refractivity contribution in [2.75, 3.05) is 13.1 Å². The minimum absolute atomic E-state index is 0.0465. The van der Waals surface area contributed by atoms with Crippen LogP contribution in [0, 0.1) is 5.82 Å². The molecule has 2 N–H and O–H groups in total. The van der Waals surface area contributed by atoms with Crippen molar-refractivity contribution >= 4 is 17.8 Å². The molecule has 4 aromatic rings. The molecule has 1 atom stereocenters. The van der Waals surface area contributed by atoms with Gasteiger partial charge in [-0.1, -0.05) is 48.5 Å². The highest BCUT2D eigenvalue weighted by molar-refractivity contribution is 6.06. The molecule has 0 saturated carbocycles. The maximum atomic E-state index is 13.8. The Kier molecular flexibility index (Phi) is 9.35. The van der Waals surface area contributed by atoms with E-state index < -0.39 is 5.97 Å². The predicted octanol–water partition coefficient (Wildman–Crippen LogP) is 5.54. The van der Waals surface area contributed by atoms with Crippen LogP contribution in [-0.2, 0) is 11.2 Å². The fraction of sp³-hybridized carbons (Fsp3) is 0.188. The molecule has 0 spiro atoms. The molecule has 4 rings (SSSR count). The predicted molar refractivity (Wildman–Crippen MR) is 150 cm³/mol. The Morgan fingerprint density at radius 3 is 2.10 bits per heavy atom. The highest BCUT2D eigenvalue weighted by Crippen LogP contribution is 2.29. The SMILES string of the molecule is CC(NC(=O)c1ccccc1-c1ccccc1C(=O)N(CCC(=O)O)CCc1ccncc1)c1ccc(F)cc1. The molecule has 204 valence electrons. The van der Waals surface area contributed by atoms with Crippen molar-refractivity contribution < 1.29 is 23.9 Å². The van der Waals surface area contributed by atoms with Crippen LogP contribution in [0.15, 0.2) is 97.3 Å². The van der Waals surface area contributed by atoms with E-state index in [0.717, 1.165) is 11.1 Å². The summed E-state index contributed by atoms with van der Waals surface area (Å²) in [6.45, 7) is 2.18. The number of benzene rings is 3. The summed E-state index contributed by atoms with van der Waals surface area (Å²) in [4.78, 5) is 44.1. The van der Waals surface area contributed by atoms with Gasteiger partial charge in [0.25, 0.3) is 11.8 Å². The van der Waals surface area contributed by atoms with Gasteiger partial charge in [0.1, 0.15) is 5.82 Å². The molecule has 1 heterocycles. The first-order valence-electron chi connectivity index (χ1n) is 13.0. The van der Waals surface area contributed by atoms with Crippen molar-refractivity contribution in [1.29, 1.82) is 0 Å². The van der Waals surface area contributed by atoms with Gasteiger partial charge < -0.3 is 15.3 Å². The van der Waals surface area contributed by atoms with Crippen LogP contribution in [0.1, 0.15) is 51.2 Å². The molecule has 0 bridgehead atoms. The number of hydrogen-bond acceptors (Lipinski definition) is 4. The quantitative estimate of drug-likeness (QED) is 0.261. The molecule has 1 aromatic heterocycles. The van der Waals surface area contributed by atoms with Gasteiger partial charge in [-0.15, -0.1) is 0 Å². The lowest BCUT2D eigenvalue weighted by Crippen LogP contribution is -2.35. The highest BCUT2D eigenvalue weighted by atomic mass is 19.1. The first-order valence-corrected chi connectivity index (χ1v) is 13.0. The second-order valence-corrected chi connectivity index (χ2v) is 9.38. The van der Waals surface area contributed by atoms with Crippen molar-refractivity contribution in [1.82, 2.24) is 15.2 Å². The number of carboxylic acids is 1. The molecule has 8 heteroatoms. The second-order valence-electron chi connectivity index (χ2n) is 9.38. The standard InChI is InChI=1S/C32H30FN3O4/c1-22(24-10-12-25(33)13-11-24)35-31(39)28-8-4-2-6-26(28)27-7-3-5-9-29(27)32(40)36(21-17-30(37)38)20-16-23-14-18-34-19-15-23/h2-15,18-19,22H,16-17,20-21H2,1H3,(H,35,39)(H,37,38). The maximum absolute atomic E-state index is 13.8. The third kappa shape index (κ3) is 7.17. The number of amides is 2. The highest BCUT2D eigenvalue weighted by Gasteiger charge is 2.23. The molecule has 7 nitrogen and oxygen atoms in total. The van der Waals surface area contributed by atoms with Crippen LogP contribution in [0.25, 0.3) is 11.1 Å². The van der Waals surface area contributed by atoms with Crippen LogP contribution in [0.3, 0.4) is 0 Å². The minimum Gasteiger partial charge on any atom is -0.481 e. The van der Waals surface area contributed by atoms with Crippen LogP contribution in [0.5, 0.6) is 0 Å². The summed E-state index contributed by atoms with van der Waals surface area (Å²) in [7, 11) is 0. The van der Waals surface area contributed by atoms with Crippen LogP contribution in [0.2, 0.25) is 0 Å². The van der Waals surface area contributed by atoms with Gasteiger partial charge in [0, 0.05) is 36.6 Å². The van der Waals surface area contributed by atoms with Crippen LogP contribution in [-0.4, -0.2) is 45.9 Å². The smallest absolute Gasteiger partial charge is 0.305 e. The number of pyridine rings is 1. The van der Waals surface area contributed by atoms with E-state index in [1.165, 1.54) is 17.0 Å². The minimum atomic E-state index is -0.993. The van der Waals surface area contributed by atoms with E-state index in [9.17, 15) is 23.9 Å². The monoisotopic (exact) mass is 539 g/mol. The molecule has 3 aromatic carbocycles. The summed E-state index contributed by atoms with van der Waals surface area (Å²) in [5.74, 6) is -2.00. The third-order valence-corrected chi connectivity index (χ3v) is 6.64. The third-order valence-electron chi connectivity index (χ3n) is 6.64. The summed E-state index contributed by atoms with van der Waals surface area (Å²) in [6, 6.07) is 23.3. The molecule has 0 aliphatic heterocycles. The zero-order valence-corrected chi connectivity index (χ0v) is 22.1. The fourth-order valence-electron chi connectivity index (χ4n) is 4.46. The topological polar surface area (TPSA) is 99.6 Å². The molecule has 2 amide bonds. The zero-order chi connectivity index (χ0) is 28.5. The number of aromatic nitrogens is 1. The molecule has 0 aliphatic rings. The van der Waals surface area contributed by atoms with Crippen LogP contribution in [0.4, 0.5) is 4.39 Å². The van der Waals surface area contributed by atoms with Gasteiger partial charge in [-0.25, -0.2) is 4.39 Å². The van der Waals surface area contributed by atoms with E-state index in [0.29, 0.717) is 35.2 Å². The fourth-order valence-corrected chi connectivity index (χ4v) is 4.46. The first kappa shape index (κ1) is 28.2. The van der Waals surface area contributed by atoms with Gasteiger partial charge in [-0.3, -0.25) is 19.4 Å². The van der Waals surface area contributed by atoms with Gasteiger partial charge in [0.05, 0.1) is 12.5 Å². The van der Waals surface area contributed by atoms with Gasteiger partial charge in [0.15, 0.2) is 0 Å². The first-order chi connectivity index (χ1) is 19.3. The van der Waals surface area contributed by atoms with Crippen molar-refractivity contribution in [2.45, 2.75) is 25.8 Å². The summed E-state index contributed by atoms with van der Waals surface area (Å²) < 4.78 is 13.4. The number of nitrogens with zero attached hydrogens (tertiary/aromatic N) is 2. The van der Waals surface area contributed by atoms with Gasteiger partial charge in [-0.2, -0.15) is 0 Å². The van der Waals surface area contributed by atoms with E-state index in [2.05, 4.69) is 10.3 Å². The van der Waals surface area contributed by atoms with E-state index in [1.807, 2.05) is 19.1 Å². The lowest BCUT2D eigenvalue weighted by molar-refractivity contribution is -0.137. The number of nitrogens with one attached hydrogen (secondary N) is 1. The van der Waals surface area contributed by atoms with Gasteiger partial charge in [-0.05, 0) is 72.0 Å². The Morgan fingerprint density at radius 1 is 0.850 bits per heavy atom. The molecule has 0 fully saturated rings. The van der Waals surface area contributed by atoms with Crippen LogP contribution < -0.4 is 5.32 Å². The van der Waals surface area contributed by atoms with Crippen LogP contribution >= 0.6 is 0 Å². The molecule has 40 heavy (non-hydrogen) atoms. The molecular formula is C32H30FN3O4. The molecule has 0 saturated heterocycles. The number of hydrogen-bond donors (Lipinski definition) is 2. The molecule has 0 aliphatic carbocycles. The van der Waals surface area contributed by atoms with Crippen molar-refractivity contribution in [3.63, 3.8) is 0 Å². The number of rotatable bonds is 11. The van der Waals surface area contributed by atoms with Crippen molar-refractivity contribution in [2.24, 2.45) is 0 Å². The van der Waals surface area contributed by atoms with Gasteiger partial charge in [0.2, 0.25) is 0 Å². The van der Waals surface area contributed by atoms with Crippen molar-refractivity contribution in [3.05, 3.63) is 125 Å². The van der Waals surface area contributed by atoms with Crippen molar-refractivity contribution in [3.8, 4) is 11.1 Å². The Bertz CT molecular complexity index is 1480. The number of carbonyl (C=O) groups excluding carboxylic acids is 2. The summed E-state index contributed by atoms with van der Waals surface area (Å²) in [5.41, 5.74) is 3.62. The lowest BCUT2D eigenvalue weighted by atomic mass is 9.94. The Hall–Kier alpha value is -4.85. The van der Waals surface area contributed by atoms with E-state index in [-0.39, 0.29) is 36.6 Å². The Morgan fingerprint density at radius 2 is 1.45 bits per heavy atom. The number of carbonyl (C=O) groups is 3. The normalized spacial score (nSPS) is 11.4. The van der Waals surface area contributed by atoms with E-state index >= 15 is 0 Å². The van der Waals surface area contributed by atoms with E-state index in [1.54, 1.807) is 73.1 Å². The Balaban J connectivity index is 1.62. The molecule has 1 unspecified atom stereocenters. The summed E-state index contributed by atoms with van der Waals surface area (Å²) >= 11 is 0. The zero-order valence-electron chi connectivity index (χ0n) is 22.1. The number of halogens is 1. The largest absolute Gasteiger partial charge is 0.481 e. The number of aliphatic carboxylic acids is 1. The second kappa shape index (κ2) is 13.3. The summed E-state index contributed by atoms with van der Waals surface area (Å²) in [6.07, 6.45) is 3.70. The van der Waals surface area contributed by atoms with Gasteiger partial charge >= 0.3 is 5.97 Å². The average Bonchev–Trinajstić information content (AvgIpc) is 2.97.